The van der Waals surface area contributed by atoms with E-state index in [9.17, 15) is 5.11 Å². The van der Waals surface area contributed by atoms with Crippen LogP contribution in [0.1, 0.15) is 84.5 Å². The molecule has 0 aromatic rings. The zero-order valence-corrected chi connectivity index (χ0v) is 12.6. The molecule has 0 aliphatic carbocycles. The zero-order chi connectivity index (χ0) is 13.5. The van der Waals surface area contributed by atoms with Gasteiger partial charge in [-0.05, 0) is 12.8 Å². The number of rotatable bonds is 14. The Balaban J connectivity index is 2.94. The molecule has 0 spiro atoms. The fourth-order valence-corrected chi connectivity index (χ4v) is 2.03. The molecule has 110 valence electrons. The van der Waals surface area contributed by atoms with Gasteiger partial charge in [-0.2, -0.15) is 0 Å². The van der Waals surface area contributed by atoms with Crippen molar-refractivity contribution in [2.75, 3.05) is 13.2 Å². The molecule has 0 aromatic carbocycles. The maximum Gasteiger partial charge on any atom is 0.0771 e. The summed E-state index contributed by atoms with van der Waals surface area (Å²) in [4.78, 5) is 0. The fourth-order valence-electron chi connectivity index (χ4n) is 2.03. The van der Waals surface area contributed by atoms with Gasteiger partial charge in [0.05, 0.1) is 12.7 Å². The van der Waals surface area contributed by atoms with Crippen LogP contribution >= 0.6 is 0 Å². The van der Waals surface area contributed by atoms with Gasteiger partial charge in [0.1, 0.15) is 0 Å². The molecule has 2 heteroatoms. The van der Waals surface area contributed by atoms with Crippen LogP contribution in [0.3, 0.4) is 0 Å². The van der Waals surface area contributed by atoms with Crippen molar-refractivity contribution >= 4 is 0 Å². The zero-order valence-electron chi connectivity index (χ0n) is 12.6. The van der Waals surface area contributed by atoms with E-state index in [0.717, 1.165) is 19.4 Å². The lowest BCUT2D eigenvalue weighted by Crippen LogP contribution is -2.14. The van der Waals surface area contributed by atoms with Gasteiger partial charge in [-0.1, -0.05) is 71.6 Å². The second kappa shape index (κ2) is 15.0. The van der Waals surface area contributed by atoms with Crippen LogP contribution in [0.4, 0.5) is 0 Å². The summed E-state index contributed by atoms with van der Waals surface area (Å²) in [5.74, 6) is 0. The van der Waals surface area contributed by atoms with Gasteiger partial charge in [-0.15, -0.1) is 0 Å². The minimum atomic E-state index is -0.270. The van der Waals surface area contributed by atoms with Crippen LogP contribution in [0.2, 0.25) is 0 Å². The summed E-state index contributed by atoms with van der Waals surface area (Å²) in [7, 11) is 0. The molecule has 18 heavy (non-hydrogen) atoms. The summed E-state index contributed by atoms with van der Waals surface area (Å²) < 4.78 is 5.41. The first-order chi connectivity index (χ1) is 8.81. The van der Waals surface area contributed by atoms with Crippen molar-refractivity contribution in [1.82, 2.24) is 0 Å². The molecule has 2 nitrogen and oxygen atoms in total. The Kier molecular flexibility index (Phi) is 14.9. The van der Waals surface area contributed by atoms with Crippen LogP contribution in [-0.2, 0) is 4.74 Å². The molecule has 0 bridgehead atoms. The molecule has 0 aliphatic heterocycles. The van der Waals surface area contributed by atoms with Crippen molar-refractivity contribution in [1.29, 1.82) is 0 Å². The minimum Gasteiger partial charge on any atom is -0.391 e. The van der Waals surface area contributed by atoms with Gasteiger partial charge in [-0.3, -0.25) is 0 Å². The highest BCUT2D eigenvalue weighted by molar-refractivity contribution is 4.50. The van der Waals surface area contributed by atoms with E-state index in [0.29, 0.717) is 6.61 Å². The molecular formula is C16H34O2. The summed E-state index contributed by atoms with van der Waals surface area (Å²) in [6.45, 7) is 5.57. The molecule has 0 radical (unpaired) electrons. The van der Waals surface area contributed by atoms with Crippen LogP contribution < -0.4 is 0 Å². The average molecular weight is 258 g/mol. The Morgan fingerprint density at radius 2 is 1.28 bits per heavy atom. The average Bonchev–Trinajstić information content (AvgIpc) is 2.39. The number of ether oxygens (including phenoxy) is 1. The topological polar surface area (TPSA) is 29.5 Å². The second-order valence-corrected chi connectivity index (χ2v) is 5.32. The van der Waals surface area contributed by atoms with Crippen molar-refractivity contribution in [3.63, 3.8) is 0 Å². The SMILES string of the molecule is CCCCCCCCCCCCOCC(O)CC. The molecule has 1 atom stereocenters. The van der Waals surface area contributed by atoms with Gasteiger partial charge in [-0.25, -0.2) is 0 Å². The number of hydrogen-bond donors (Lipinski definition) is 1. The van der Waals surface area contributed by atoms with E-state index in [-0.39, 0.29) is 6.10 Å². The molecule has 0 aromatic heterocycles. The number of unbranched alkanes of at least 4 members (excludes halogenated alkanes) is 9. The molecule has 1 N–H and O–H groups in total. The Bertz CT molecular complexity index is 148. The monoisotopic (exact) mass is 258 g/mol. The van der Waals surface area contributed by atoms with E-state index in [1.165, 1.54) is 57.8 Å². The van der Waals surface area contributed by atoms with E-state index >= 15 is 0 Å². The van der Waals surface area contributed by atoms with Crippen molar-refractivity contribution in [3.05, 3.63) is 0 Å². The number of aliphatic hydroxyl groups is 1. The summed E-state index contributed by atoms with van der Waals surface area (Å²) in [6, 6.07) is 0. The van der Waals surface area contributed by atoms with Crippen molar-refractivity contribution in [2.45, 2.75) is 90.6 Å². The van der Waals surface area contributed by atoms with Gasteiger partial charge in [0.2, 0.25) is 0 Å². The first kappa shape index (κ1) is 17.9. The Morgan fingerprint density at radius 3 is 1.78 bits per heavy atom. The van der Waals surface area contributed by atoms with E-state index in [4.69, 9.17) is 4.74 Å². The normalized spacial score (nSPS) is 12.8. The molecule has 0 amide bonds. The first-order valence-corrected chi connectivity index (χ1v) is 8.07. The van der Waals surface area contributed by atoms with Crippen LogP contribution in [-0.4, -0.2) is 24.4 Å². The molecule has 0 fully saturated rings. The van der Waals surface area contributed by atoms with Crippen LogP contribution in [0, 0.1) is 0 Å². The molecular weight excluding hydrogens is 224 g/mol. The van der Waals surface area contributed by atoms with Crippen molar-refractivity contribution in [2.24, 2.45) is 0 Å². The highest BCUT2D eigenvalue weighted by Gasteiger charge is 1.99. The third-order valence-electron chi connectivity index (χ3n) is 3.42. The summed E-state index contributed by atoms with van der Waals surface area (Å²) in [5, 5.41) is 9.29. The largest absolute Gasteiger partial charge is 0.391 e. The van der Waals surface area contributed by atoms with E-state index in [2.05, 4.69) is 6.92 Å². The summed E-state index contributed by atoms with van der Waals surface area (Å²) in [6.07, 6.45) is 14.1. The van der Waals surface area contributed by atoms with E-state index < -0.39 is 0 Å². The smallest absolute Gasteiger partial charge is 0.0771 e. The molecule has 0 saturated heterocycles. The predicted octanol–water partition coefficient (Wildman–Crippen LogP) is 4.69. The highest BCUT2D eigenvalue weighted by atomic mass is 16.5. The molecule has 0 rings (SSSR count). The van der Waals surface area contributed by atoms with Gasteiger partial charge >= 0.3 is 0 Å². The van der Waals surface area contributed by atoms with Gasteiger partial charge in [0.25, 0.3) is 0 Å². The lowest BCUT2D eigenvalue weighted by Gasteiger charge is -2.08. The number of aliphatic hydroxyl groups excluding tert-OH is 1. The van der Waals surface area contributed by atoms with Crippen molar-refractivity contribution < 1.29 is 9.84 Å². The van der Waals surface area contributed by atoms with E-state index in [1.54, 1.807) is 0 Å². The van der Waals surface area contributed by atoms with Gasteiger partial charge in [0, 0.05) is 6.61 Å². The predicted molar refractivity (Wildman–Crippen MR) is 79.0 cm³/mol. The summed E-state index contributed by atoms with van der Waals surface area (Å²) >= 11 is 0. The van der Waals surface area contributed by atoms with Crippen LogP contribution in [0.15, 0.2) is 0 Å². The Hall–Kier alpha value is -0.0800. The summed E-state index contributed by atoms with van der Waals surface area (Å²) in [5.41, 5.74) is 0. The Morgan fingerprint density at radius 1 is 0.778 bits per heavy atom. The second-order valence-electron chi connectivity index (χ2n) is 5.32. The highest BCUT2D eigenvalue weighted by Crippen LogP contribution is 2.10. The molecule has 0 saturated carbocycles. The third kappa shape index (κ3) is 14.0. The van der Waals surface area contributed by atoms with Crippen molar-refractivity contribution in [3.8, 4) is 0 Å². The number of hydrogen-bond acceptors (Lipinski definition) is 2. The first-order valence-electron chi connectivity index (χ1n) is 8.07. The minimum absolute atomic E-state index is 0.270. The third-order valence-corrected chi connectivity index (χ3v) is 3.42. The van der Waals surface area contributed by atoms with E-state index in [1.807, 2.05) is 6.92 Å². The quantitative estimate of drug-likeness (QED) is 0.458. The lowest BCUT2D eigenvalue weighted by molar-refractivity contribution is 0.0335. The maximum atomic E-state index is 9.29. The van der Waals surface area contributed by atoms with Gasteiger partial charge in [0.15, 0.2) is 0 Å². The van der Waals surface area contributed by atoms with Crippen LogP contribution in [0.5, 0.6) is 0 Å². The van der Waals surface area contributed by atoms with Crippen LogP contribution in [0.25, 0.3) is 0 Å². The molecule has 0 heterocycles. The molecule has 0 aliphatic rings. The molecule has 1 unspecified atom stereocenters. The lowest BCUT2D eigenvalue weighted by atomic mass is 10.1. The Labute approximate surface area is 114 Å². The van der Waals surface area contributed by atoms with Gasteiger partial charge < -0.3 is 9.84 Å². The maximum absolute atomic E-state index is 9.29. The fraction of sp³-hybridized carbons (Fsp3) is 1.00. The standard InChI is InChI=1S/C16H34O2/c1-3-5-6-7-8-9-10-11-12-13-14-18-15-16(17)4-2/h16-17H,3-15H2,1-2H3.